The van der Waals surface area contributed by atoms with Gasteiger partial charge in [-0.3, -0.25) is 0 Å². The molecule has 0 aliphatic carbocycles. The Morgan fingerprint density at radius 3 is 2.60 bits per heavy atom. The van der Waals surface area contributed by atoms with Crippen molar-refractivity contribution >= 4 is 17.8 Å². The van der Waals surface area contributed by atoms with Crippen LogP contribution in [0.4, 0.5) is 0 Å². The molecule has 3 rings (SSSR count). The van der Waals surface area contributed by atoms with Crippen LogP contribution < -0.4 is 14.2 Å². The van der Waals surface area contributed by atoms with E-state index in [-0.39, 0.29) is 0 Å². The summed E-state index contributed by atoms with van der Waals surface area (Å²) in [5, 5.41) is 12.1. The molecule has 156 valence electrons. The Morgan fingerprint density at radius 1 is 1.07 bits per heavy atom. The average molecular weight is 427 g/mol. The molecule has 0 aliphatic rings. The Bertz CT molecular complexity index is 990. The number of hydrogen-bond acceptors (Lipinski definition) is 6. The molecule has 3 aromatic rings. The van der Waals surface area contributed by atoms with Crippen molar-refractivity contribution < 1.29 is 14.2 Å². The van der Waals surface area contributed by atoms with Crippen molar-refractivity contribution in [2.75, 3.05) is 19.8 Å². The Kier molecular flexibility index (Phi) is 7.86. The smallest absolute Gasteiger partial charge is 0.179 e. The minimum Gasteiger partial charge on any atom is -0.490 e. The highest BCUT2D eigenvalue weighted by Crippen LogP contribution is 2.36. The summed E-state index contributed by atoms with van der Waals surface area (Å²) in [5.74, 6) is 1.84. The molecule has 1 aromatic heterocycles. The summed E-state index contributed by atoms with van der Waals surface area (Å²) in [4.78, 5) is 0. The summed E-state index contributed by atoms with van der Waals surface area (Å²) in [7, 11) is 0. The third-order valence-corrected chi connectivity index (χ3v) is 4.28. The molecule has 2 aromatic carbocycles. The van der Waals surface area contributed by atoms with Gasteiger partial charge < -0.3 is 14.2 Å². The molecule has 0 atom stereocenters. The minimum atomic E-state index is 0.316. The van der Waals surface area contributed by atoms with Crippen LogP contribution in [0.3, 0.4) is 0 Å². The zero-order valence-electron chi connectivity index (χ0n) is 16.7. The zero-order valence-corrected chi connectivity index (χ0v) is 17.5. The second kappa shape index (κ2) is 11.0. The lowest BCUT2D eigenvalue weighted by molar-refractivity contribution is 0.207. The Morgan fingerprint density at radius 2 is 1.83 bits per heavy atom. The maximum atomic E-state index is 6.44. The SMILES string of the molecule is C=CCc1ccccc1OCCOc1c(Cl)cc(C=Nn2cnnc2)cc1OCC. The molecule has 8 heteroatoms. The van der Waals surface area contributed by atoms with E-state index in [4.69, 9.17) is 25.8 Å². The Balaban J connectivity index is 1.65. The van der Waals surface area contributed by atoms with Gasteiger partial charge in [0.2, 0.25) is 0 Å². The first-order valence-corrected chi connectivity index (χ1v) is 9.88. The Labute approximate surface area is 180 Å². The fourth-order valence-electron chi connectivity index (χ4n) is 2.72. The fraction of sp³-hybridized carbons (Fsp3) is 0.227. The molecule has 0 unspecified atom stereocenters. The second-order valence-electron chi connectivity index (χ2n) is 6.15. The normalized spacial score (nSPS) is 10.9. The van der Waals surface area contributed by atoms with Gasteiger partial charge in [0.15, 0.2) is 11.5 Å². The summed E-state index contributed by atoms with van der Waals surface area (Å²) >= 11 is 6.44. The van der Waals surface area contributed by atoms with Gasteiger partial charge in [0.1, 0.15) is 31.6 Å². The number of para-hydroxylation sites is 1. The number of benzene rings is 2. The number of allylic oxidation sites excluding steroid dienone is 1. The van der Waals surface area contributed by atoms with Gasteiger partial charge in [0, 0.05) is 0 Å². The van der Waals surface area contributed by atoms with Crippen LogP contribution in [0.5, 0.6) is 17.2 Å². The molecule has 0 saturated heterocycles. The molecule has 0 spiro atoms. The van der Waals surface area contributed by atoms with Crippen molar-refractivity contribution in [2.24, 2.45) is 5.10 Å². The van der Waals surface area contributed by atoms with Crippen molar-refractivity contribution in [3.8, 4) is 17.2 Å². The summed E-state index contributed by atoms with van der Waals surface area (Å²) in [6.07, 6.45) is 7.22. The van der Waals surface area contributed by atoms with Crippen molar-refractivity contribution in [1.29, 1.82) is 0 Å². The first-order valence-electron chi connectivity index (χ1n) is 9.51. The molecule has 0 amide bonds. The van der Waals surface area contributed by atoms with E-state index in [0.29, 0.717) is 36.3 Å². The first kappa shape index (κ1) is 21.4. The highest BCUT2D eigenvalue weighted by molar-refractivity contribution is 6.32. The van der Waals surface area contributed by atoms with Crippen molar-refractivity contribution in [3.05, 3.63) is 77.9 Å². The van der Waals surface area contributed by atoms with Crippen LogP contribution in [-0.4, -0.2) is 40.9 Å². The van der Waals surface area contributed by atoms with Gasteiger partial charge in [-0.05, 0) is 42.7 Å². The molecule has 0 bridgehead atoms. The largest absolute Gasteiger partial charge is 0.490 e. The van der Waals surface area contributed by atoms with E-state index < -0.39 is 0 Å². The van der Waals surface area contributed by atoms with Gasteiger partial charge in [-0.25, -0.2) is 4.68 Å². The molecular weight excluding hydrogens is 404 g/mol. The van der Waals surface area contributed by atoms with Crippen molar-refractivity contribution in [1.82, 2.24) is 14.9 Å². The van der Waals surface area contributed by atoms with E-state index >= 15 is 0 Å². The van der Waals surface area contributed by atoms with Gasteiger partial charge in [-0.1, -0.05) is 35.9 Å². The first-order chi connectivity index (χ1) is 14.7. The van der Waals surface area contributed by atoms with E-state index in [2.05, 4.69) is 21.9 Å². The minimum absolute atomic E-state index is 0.316. The number of hydrogen-bond donors (Lipinski definition) is 0. The maximum absolute atomic E-state index is 6.44. The van der Waals surface area contributed by atoms with Gasteiger partial charge in [0.25, 0.3) is 0 Å². The third kappa shape index (κ3) is 5.84. The molecule has 0 N–H and O–H groups in total. The van der Waals surface area contributed by atoms with Crippen molar-refractivity contribution in [2.45, 2.75) is 13.3 Å². The average Bonchev–Trinajstić information content (AvgIpc) is 3.26. The quantitative estimate of drug-likeness (QED) is 0.258. The van der Waals surface area contributed by atoms with Gasteiger partial charge in [-0.15, -0.1) is 16.8 Å². The van der Waals surface area contributed by atoms with Gasteiger partial charge >= 0.3 is 0 Å². The third-order valence-electron chi connectivity index (χ3n) is 4.00. The van der Waals surface area contributed by atoms with Gasteiger partial charge in [0.05, 0.1) is 17.8 Å². The zero-order chi connectivity index (χ0) is 21.2. The molecule has 0 saturated carbocycles. The predicted molar refractivity (Wildman–Crippen MR) is 117 cm³/mol. The summed E-state index contributed by atoms with van der Waals surface area (Å²) in [5.41, 5.74) is 1.84. The lowest BCUT2D eigenvalue weighted by atomic mass is 10.1. The topological polar surface area (TPSA) is 70.8 Å². The van der Waals surface area contributed by atoms with Crippen LogP contribution in [0.2, 0.25) is 5.02 Å². The number of nitrogens with zero attached hydrogens (tertiary/aromatic N) is 4. The van der Waals surface area contributed by atoms with Crippen LogP contribution in [0.15, 0.2) is 66.8 Å². The monoisotopic (exact) mass is 426 g/mol. The number of aromatic nitrogens is 3. The highest BCUT2D eigenvalue weighted by Gasteiger charge is 2.12. The fourth-order valence-corrected chi connectivity index (χ4v) is 2.99. The van der Waals surface area contributed by atoms with Gasteiger partial charge in [-0.2, -0.15) is 5.10 Å². The molecule has 1 heterocycles. The van der Waals surface area contributed by atoms with Crippen LogP contribution >= 0.6 is 11.6 Å². The van der Waals surface area contributed by atoms with E-state index in [1.54, 1.807) is 12.3 Å². The second-order valence-corrected chi connectivity index (χ2v) is 6.55. The van der Waals surface area contributed by atoms with E-state index in [0.717, 1.165) is 23.3 Å². The highest BCUT2D eigenvalue weighted by atomic mass is 35.5. The van der Waals surface area contributed by atoms with Crippen LogP contribution in [0, 0.1) is 0 Å². The molecule has 30 heavy (non-hydrogen) atoms. The Hall–Kier alpha value is -3.32. The van der Waals surface area contributed by atoms with Crippen molar-refractivity contribution in [3.63, 3.8) is 0 Å². The molecule has 0 fully saturated rings. The number of rotatable bonds is 11. The number of ether oxygens (including phenoxy) is 3. The molecule has 0 aliphatic heterocycles. The van der Waals surface area contributed by atoms with E-state index in [1.807, 2.05) is 43.3 Å². The van der Waals surface area contributed by atoms with Crippen LogP contribution in [-0.2, 0) is 6.42 Å². The molecule has 0 radical (unpaired) electrons. The number of halogens is 1. The van der Waals surface area contributed by atoms with E-state index in [9.17, 15) is 0 Å². The summed E-state index contributed by atoms with van der Waals surface area (Å²) in [6, 6.07) is 11.4. The summed E-state index contributed by atoms with van der Waals surface area (Å²) < 4.78 is 18.9. The summed E-state index contributed by atoms with van der Waals surface area (Å²) in [6.45, 7) is 6.84. The lowest BCUT2D eigenvalue weighted by Crippen LogP contribution is -2.11. The van der Waals surface area contributed by atoms with Crippen LogP contribution in [0.25, 0.3) is 0 Å². The molecular formula is C22H23ClN4O3. The van der Waals surface area contributed by atoms with Crippen LogP contribution in [0.1, 0.15) is 18.1 Å². The maximum Gasteiger partial charge on any atom is 0.179 e. The standard InChI is InChI=1S/C22H23ClN4O3/c1-3-7-18-8-5-6-9-20(18)29-10-11-30-22-19(23)12-17(13-21(22)28-4-2)14-26-27-15-24-25-16-27/h3,5-6,8-9,12-16H,1,4,7,10-11H2,2H3. The lowest BCUT2D eigenvalue weighted by Gasteiger charge is -2.15. The van der Waals surface area contributed by atoms with E-state index in [1.165, 1.54) is 17.3 Å². The molecule has 7 nitrogen and oxygen atoms in total. The predicted octanol–water partition coefficient (Wildman–Crippen LogP) is 4.40.